The Morgan fingerprint density at radius 1 is 1.67 bits per heavy atom. The van der Waals surface area contributed by atoms with E-state index in [9.17, 15) is 15.2 Å². The molecule has 1 aromatic rings. The van der Waals surface area contributed by atoms with E-state index in [0.717, 1.165) is 19.3 Å². The highest BCUT2D eigenvalue weighted by molar-refractivity contribution is 9.10. The number of aliphatic hydroxyl groups excluding tert-OH is 1. The van der Waals surface area contributed by atoms with Gasteiger partial charge in [0.2, 0.25) is 0 Å². The molecule has 1 saturated carbocycles. The van der Waals surface area contributed by atoms with E-state index in [1.807, 2.05) is 0 Å². The second kappa shape index (κ2) is 3.90. The van der Waals surface area contributed by atoms with Crippen molar-refractivity contribution >= 4 is 21.7 Å². The topological polar surface area (TPSA) is 81.2 Å². The smallest absolute Gasteiger partial charge is 0.391 e. The summed E-state index contributed by atoms with van der Waals surface area (Å²) < 4.78 is 1.84. The van der Waals surface area contributed by atoms with Gasteiger partial charge < -0.3 is 15.2 Å². The van der Waals surface area contributed by atoms with Gasteiger partial charge >= 0.3 is 5.82 Å². The van der Waals surface area contributed by atoms with E-state index in [1.54, 1.807) is 6.20 Å². The minimum absolute atomic E-state index is 0.130. The Hall–Kier alpha value is -0.950. The first-order valence-electron chi connectivity index (χ1n) is 4.66. The molecule has 6 nitrogen and oxygen atoms in total. The fourth-order valence-electron chi connectivity index (χ4n) is 1.88. The van der Waals surface area contributed by atoms with Crippen molar-refractivity contribution < 1.29 is 10.0 Å². The molecule has 2 atom stereocenters. The van der Waals surface area contributed by atoms with Crippen LogP contribution in [-0.4, -0.2) is 25.9 Å². The fraction of sp³-hybridized carbons (Fsp3) is 0.625. The Bertz CT molecular complexity index is 392. The first kappa shape index (κ1) is 10.6. The maximum atomic E-state index is 10.6. The monoisotopic (exact) mass is 275 g/mol. The standard InChI is InChI=1S/C8H10BrN3O3/c9-5-4-11(10-8(5)12(14)15)6-2-1-3-7(6)13/h4,6-7,13H,1-3H2/t6-,7-/m1/s1. The molecule has 0 radical (unpaired) electrons. The van der Waals surface area contributed by atoms with Crippen molar-refractivity contribution in [3.63, 3.8) is 0 Å². The van der Waals surface area contributed by atoms with Crippen LogP contribution in [-0.2, 0) is 0 Å². The van der Waals surface area contributed by atoms with E-state index in [-0.39, 0.29) is 11.9 Å². The lowest BCUT2D eigenvalue weighted by atomic mass is 10.2. The number of rotatable bonds is 2. The molecular formula is C8H10BrN3O3. The van der Waals surface area contributed by atoms with Gasteiger partial charge in [0.1, 0.15) is 4.47 Å². The molecule has 0 amide bonds. The number of hydrogen-bond acceptors (Lipinski definition) is 4. The highest BCUT2D eigenvalue weighted by Gasteiger charge is 2.31. The minimum atomic E-state index is -0.540. The average molecular weight is 276 g/mol. The lowest BCUT2D eigenvalue weighted by Crippen LogP contribution is -2.18. The first-order chi connectivity index (χ1) is 7.09. The Kier molecular flexibility index (Phi) is 2.74. The molecule has 1 N–H and O–H groups in total. The summed E-state index contributed by atoms with van der Waals surface area (Å²) in [6.45, 7) is 0. The van der Waals surface area contributed by atoms with Gasteiger partial charge in [-0.3, -0.25) is 0 Å². The molecular weight excluding hydrogens is 266 g/mol. The number of nitro groups is 1. The Labute approximate surface area is 94.2 Å². The molecule has 0 unspecified atom stereocenters. The molecule has 15 heavy (non-hydrogen) atoms. The predicted molar refractivity (Wildman–Crippen MR) is 55.5 cm³/mol. The number of aliphatic hydroxyl groups is 1. The van der Waals surface area contributed by atoms with Crippen LogP contribution < -0.4 is 0 Å². The van der Waals surface area contributed by atoms with Crippen LogP contribution in [0.4, 0.5) is 5.82 Å². The van der Waals surface area contributed by atoms with Gasteiger partial charge in [0.05, 0.1) is 23.4 Å². The normalized spacial score (nSPS) is 25.7. The summed E-state index contributed by atoms with van der Waals surface area (Å²) in [5, 5.41) is 24.1. The van der Waals surface area contributed by atoms with E-state index < -0.39 is 11.0 Å². The number of hydrogen-bond donors (Lipinski definition) is 1. The Balaban J connectivity index is 2.29. The number of halogens is 1. The third-order valence-electron chi connectivity index (χ3n) is 2.63. The van der Waals surface area contributed by atoms with Gasteiger partial charge in [-0.15, -0.1) is 0 Å². The SMILES string of the molecule is O=[N+]([O-])c1nn([C@@H]2CCC[C@H]2O)cc1Br. The van der Waals surface area contributed by atoms with E-state index in [4.69, 9.17) is 0 Å². The lowest BCUT2D eigenvalue weighted by molar-refractivity contribution is -0.390. The third-order valence-corrected chi connectivity index (χ3v) is 3.19. The van der Waals surface area contributed by atoms with Gasteiger partial charge in [-0.1, -0.05) is 0 Å². The van der Waals surface area contributed by atoms with Crippen LogP contribution in [0, 0.1) is 10.1 Å². The zero-order valence-electron chi connectivity index (χ0n) is 7.84. The molecule has 7 heteroatoms. The summed E-state index contributed by atoms with van der Waals surface area (Å²) in [5.41, 5.74) is 0. The molecule has 0 aromatic carbocycles. The summed E-state index contributed by atoms with van der Waals surface area (Å²) in [6.07, 6.45) is 3.58. The molecule has 1 aromatic heterocycles. The van der Waals surface area contributed by atoms with E-state index >= 15 is 0 Å². The van der Waals surface area contributed by atoms with Crippen molar-refractivity contribution in [2.45, 2.75) is 31.4 Å². The summed E-state index contributed by atoms with van der Waals surface area (Å²) in [4.78, 5) is 10.0. The van der Waals surface area contributed by atoms with Crippen LogP contribution in [0.3, 0.4) is 0 Å². The van der Waals surface area contributed by atoms with Crippen LogP contribution in [0.5, 0.6) is 0 Å². The van der Waals surface area contributed by atoms with Crippen molar-refractivity contribution in [1.29, 1.82) is 0 Å². The molecule has 2 rings (SSSR count). The van der Waals surface area contributed by atoms with Gasteiger partial charge in [0.25, 0.3) is 0 Å². The van der Waals surface area contributed by atoms with Crippen molar-refractivity contribution in [3.05, 3.63) is 20.8 Å². The van der Waals surface area contributed by atoms with Crippen molar-refractivity contribution in [1.82, 2.24) is 9.78 Å². The quantitative estimate of drug-likeness (QED) is 0.657. The second-order valence-corrected chi connectivity index (χ2v) is 4.46. The molecule has 0 bridgehead atoms. The molecule has 1 heterocycles. The molecule has 1 fully saturated rings. The highest BCUT2D eigenvalue weighted by atomic mass is 79.9. The molecule has 0 saturated heterocycles. The van der Waals surface area contributed by atoms with Gasteiger partial charge in [-0.25, -0.2) is 0 Å². The maximum Gasteiger partial charge on any atom is 0.404 e. The number of nitrogens with zero attached hydrogens (tertiary/aromatic N) is 3. The van der Waals surface area contributed by atoms with E-state index in [2.05, 4.69) is 21.0 Å². The van der Waals surface area contributed by atoms with Crippen LogP contribution in [0.1, 0.15) is 25.3 Å². The lowest BCUT2D eigenvalue weighted by Gasteiger charge is -2.10. The highest BCUT2D eigenvalue weighted by Crippen LogP contribution is 2.32. The van der Waals surface area contributed by atoms with E-state index in [0.29, 0.717) is 4.47 Å². The zero-order valence-corrected chi connectivity index (χ0v) is 9.42. The van der Waals surface area contributed by atoms with Gasteiger partial charge in [-0.05, 0) is 40.1 Å². The van der Waals surface area contributed by atoms with E-state index in [1.165, 1.54) is 4.68 Å². The Morgan fingerprint density at radius 3 is 2.87 bits per heavy atom. The summed E-state index contributed by atoms with van der Waals surface area (Å²) >= 11 is 3.08. The van der Waals surface area contributed by atoms with Crippen LogP contribution in [0.2, 0.25) is 0 Å². The van der Waals surface area contributed by atoms with Crippen LogP contribution in [0.25, 0.3) is 0 Å². The maximum absolute atomic E-state index is 10.6. The van der Waals surface area contributed by atoms with Crippen LogP contribution in [0.15, 0.2) is 10.7 Å². The van der Waals surface area contributed by atoms with Crippen LogP contribution >= 0.6 is 15.9 Å². The van der Waals surface area contributed by atoms with Gasteiger partial charge in [0.15, 0.2) is 0 Å². The molecule has 82 valence electrons. The van der Waals surface area contributed by atoms with Gasteiger partial charge in [-0.2, -0.15) is 4.68 Å². The molecule has 0 spiro atoms. The van der Waals surface area contributed by atoms with Crippen molar-refractivity contribution in [2.75, 3.05) is 0 Å². The average Bonchev–Trinajstić information content (AvgIpc) is 2.71. The summed E-state index contributed by atoms with van der Waals surface area (Å²) in [6, 6.07) is -0.130. The second-order valence-electron chi connectivity index (χ2n) is 3.60. The van der Waals surface area contributed by atoms with Crippen molar-refractivity contribution in [3.8, 4) is 0 Å². The summed E-state index contributed by atoms with van der Waals surface area (Å²) in [7, 11) is 0. The minimum Gasteiger partial charge on any atom is -0.391 e. The fourth-order valence-corrected chi connectivity index (χ4v) is 2.32. The molecule has 1 aliphatic carbocycles. The molecule has 1 aliphatic rings. The zero-order chi connectivity index (χ0) is 11.0. The van der Waals surface area contributed by atoms with Crippen molar-refractivity contribution in [2.24, 2.45) is 0 Å². The summed E-state index contributed by atoms with van der Waals surface area (Å²) in [5.74, 6) is -0.200. The predicted octanol–water partition coefficient (Wildman–Crippen LogP) is 1.64. The third kappa shape index (κ3) is 1.89. The van der Waals surface area contributed by atoms with Gasteiger partial charge in [0, 0.05) is 0 Å². The molecule has 0 aliphatic heterocycles. The Morgan fingerprint density at radius 2 is 2.40 bits per heavy atom. The largest absolute Gasteiger partial charge is 0.404 e. The number of aromatic nitrogens is 2. The first-order valence-corrected chi connectivity index (χ1v) is 5.46.